The van der Waals surface area contributed by atoms with Gasteiger partial charge in [-0.2, -0.15) is 0 Å². The van der Waals surface area contributed by atoms with Gasteiger partial charge in [-0.1, -0.05) is 17.3 Å². The fourth-order valence-corrected chi connectivity index (χ4v) is 2.41. The molecule has 1 aromatic carbocycles. The Morgan fingerprint density at radius 2 is 1.96 bits per heavy atom. The SMILES string of the molecule is Cc1cc(C(=O)Nc2ccccc2Br)nc(Nc2cc(C)on2)n1. The zero-order chi connectivity index (χ0) is 17.1. The van der Waals surface area contributed by atoms with Crippen LogP contribution in [0.15, 0.2) is 45.4 Å². The van der Waals surface area contributed by atoms with Gasteiger partial charge in [0.25, 0.3) is 5.91 Å². The Bertz CT molecular complexity index is 894. The molecule has 2 aromatic heterocycles. The molecule has 0 fully saturated rings. The van der Waals surface area contributed by atoms with E-state index in [1.807, 2.05) is 18.2 Å². The minimum absolute atomic E-state index is 0.251. The number of rotatable bonds is 4. The number of aryl methyl sites for hydroxylation is 2. The molecule has 24 heavy (non-hydrogen) atoms. The van der Waals surface area contributed by atoms with Gasteiger partial charge in [-0.05, 0) is 48.0 Å². The third kappa shape index (κ3) is 3.77. The molecule has 0 saturated heterocycles. The van der Waals surface area contributed by atoms with Crippen LogP contribution in [0.25, 0.3) is 0 Å². The van der Waals surface area contributed by atoms with E-state index in [1.54, 1.807) is 32.0 Å². The molecule has 8 heteroatoms. The average Bonchev–Trinajstić information content (AvgIpc) is 2.94. The predicted molar refractivity (Wildman–Crippen MR) is 93.4 cm³/mol. The Morgan fingerprint density at radius 3 is 2.67 bits per heavy atom. The summed E-state index contributed by atoms with van der Waals surface area (Å²) < 4.78 is 5.78. The van der Waals surface area contributed by atoms with E-state index in [0.717, 1.165) is 4.47 Å². The average molecular weight is 388 g/mol. The number of benzene rings is 1. The molecule has 0 saturated carbocycles. The van der Waals surface area contributed by atoms with Crippen LogP contribution in [-0.4, -0.2) is 21.0 Å². The lowest BCUT2D eigenvalue weighted by molar-refractivity contribution is 0.102. The molecule has 7 nitrogen and oxygen atoms in total. The highest BCUT2D eigenvalue weighted by atomic mass is 79.9. The van der Waals surface area contributed by atoms with Crippen LogP contribution in [0.1, 0.15) is 21.9 Å². The Kier molecular flexibility index (Phi) is 4.57. The number of anilines is 3. The molecular weight excluding hydrogens is 374 g/mol. The first kappa shape index (κ1) is 16.1. The highest BCUT2D eigenvalue weighted by Crippen LogP contribution is 2.22. The van der Waals surface area contributed by atoms with Crippen molar-refractivity contribution in [3.05, 3.63) is 58.0 Å². The standard InChI is InChI=1S/C16H14BrN5O2/c1-9-7-13(15(23)19-12-6-4-3-5-11(12)17)20-16(18-9)21-14-8-10(2)24-22-14/h3-8H,1-2H3,(H,19,23)(H,18,20,21,22). The molecule has 1 amide bonds. The van der Waals surface area contributed by atoms with Crippen LogP contribution in [0, 0.1) is 13.8 Å². The van der Waals surface area contributed by atoms with Crippen molar-refractivity contribution in [3.63, 3.8) is 0 Å². The second-order valence-electron chi connectivity index (χ2n) is 5.10. The lowest BCUT2D eigenvalue weighted by atomic mass is 10.3. The van der Waals surface area contributed by atoms with Gasteiger partial charge in [0, 0.05) is 16.2 Å². The summed E-state index contributed by atoms with van der Waals surface area (Å²) >= 11 is 3.39. The van der Waals surface area contributed by atoms with E-state index in [9.17, 15) is 4.79 Å². The van der Waals surface area contributed by atoms with Gasteiger partial charge in [0.2, 0.25) is 5.95 Å². The van der Waals surface area contributed by atoms with E-state index in [0.29, 0.717) is 23.0 Å². The number of carbonyl (C=O) groups is 1. The van der Waals surface area contributed by atoms with Crippen LogP contribution in [-0.2, 0) is 0 Å². The monoisotopic (exact) mass is 387 g/mol. The van der Waals surface area contributed by atoms with Crippen molar-refractivity contribution >= 4 is 39.3 Å². The Hall–Kier alpha value is -2.74. The topological polar surface area (TPSA) is 92.9 Å². The Labute approximate surface area is 146 Å². The van der Waals surface area contributed by atoms with Crippen molar-refractivity contribution < 1.29 is 9.32 Å². The smallest absolute Gasteiger partial charge is 0.274 e. The van der Waals surface area contributed by atoms with E-state index in [4.69, 9.17) is 4.52 Å². The van der Waals surface area contributed by atoms with Crippen molar-refractivity contribution in [2.45, 2.75) is 13.8 Å². The molecule has 122 valence electrons. The molecule has 0 aliphatic rings. The number of halogens is 1. The molecule has 0 unspecified atom stereocenters. The van der Waals surface area contributed by atoms with Gasteiger partial charge < -0.3 is 15.2 Å². The largest absolute Gasteiger partial charge is 0.360 e. The number of hydrogen-bond acceptors (Lipinski definition) is 6. The molecule has 0 atom stereocenters. The molecule has 0 aliphatic heterocycles. The minimum Gasteiger partial charge on any atom is -0.360 e. The quantitative estimate of drug-likeness (QED) is 0.706. The number of amides is 1. The lowest BCUT2D eigenvalue weighted by Gasteiger charge is -2.08. The zero-order valence-corrected chi connectivity index (χ0v) is 14.6. The van der Waals surface area contributed by atoms with Crippen LogP contribution in [0.5, 0.6) is 0 Å². The number of para-hydroxylation sites is 1. The zero-order valence-electron chi connectivity index (χ0n) is 13.0. The van der Waals surface area contributed by atoms with E-state index >= 15 is 0 Å². The maximum Gasteiger partial charge on any atom is 0.274 e. The number of hydrogen-bond donors (Lipinski definition) is 2. The molecule has 2 heterocycles. The normalized spacial score (nSPS) is 10.5. The molecule has 0 bridgehead atoms. The van der Waals surface area contributed by atoms with Crippen LogP contribution in [0.2, 0.25) is 0 Å². The maximum absolute atomic E-state index is 12.4. The van der Waals surface area contributed by atoms with Gasteiger partial charge in [-0.15, -0.1) is 0 Å². The maximum atomic E-state index is 12.4. The van der Waals surface area contributed by atoms with Crippen molar-refractivity contribution in [2.75, 3.05) is 10.6 Å². The van der Waals surface area contributed by atoms with Gasteiger partial charge in [-0.3, -0.25) is 4.79 Å². The first-order valence-corrected chi connectivity index (χ1v) is 7.92. The Morgan fingerprint density at radius 1 is 1.17 bits per heavy atom. The molecule has 3 rings (SSSR count). The molecule has 0 aliphatic carbocycles. The fraction of sp³-hybridized carbons (Fsp3) is 0.125. The van der Waals surface area contributed by atoms with Crippen LogP contribution < -0.4 is 10.6 Å². The summed E-state index contributed by atoms with van der Waals surface area (Å²) in [6.07, 6.45) is 0. The lowest BCUT2D eigenvalue weighted by Crippen LogP contribution is -2.15. The predicted octanol–water partition coefficient (Wildman–Crippen LogP) is 3.84. The summed E-state index contributed by atoms with van der Waals surface area (Å²) in [6.45, 7) is 3.57. The minimum atomic E-state index is -0.327. The third-order valence-corrected chi connectivity index (χ3v) is 3.77. The first-order valence-electron chi connectivity index (χ1n) is 7.13. The summed E-state index contributed by atoms with van der Waals surface area (Å²) in [7, 11) is 0. The van der Waals surface area contributed by atoms with Crippen LogP contribution >= 0.6 is 15.9 Å². The van der Waals surface area contributed by atoms with Gasteiger partial charge in [0.15, 0.2) is 5.82 Å². The summed E-state index contributed by atoms with van der Waals surface area (Å²) in [5.74, 6) is 1.10. The van der Waals surface area contributed by atoms with Crippen LogP contribution in [0.3, 0.4) is 0 Å². The van der Waals surface area contributed by atoms with Crippen molar-refractivity contribution in [2.24, 2.45) is 0 Å². The highest BCUT2D eigenvalue weighted by molar-refractivity contribution is 9.10. The van der Waals surface area contributed by atoms with E-state index < -0.39 is 0 Å². The number of nitrogens with zero attached hydrogens (tertiary/aromatic N) is 3. The van der Waals surface area contributed by atoms with Gasteiger partial charge in [0.1, 0.15) is 11.5 Å². The van der Waals surface area contributed by atoms with Crippen molar-refractivity contribution in [3.8, 4) is 0 Å². The Balaban J connectivity index is 1.82. The van der Waals surface area contributed by atoms with Crippen LogP contribution in [0.4, 0.5) is 17.5 Å². The van der Waals surface area contributed by atoms with E-state index in [-0.39, 0.29) is 17.5 Å². The highest BCUT2D eigenvalue weighted by Gasteiger charge is 2.13. The van der Waals surface area contributed by atoms with E-state index in [1.165, 1.54) is 0 Å². The first-order chi connectivity index (χ1) is 11.5. The molecule has 2 N–H and O–H groups in total. The summed E-state index contributed by atoms with van der Waals surface area (Å²) in [5, 5.41) is 9.55. The second kappa shape index (κ2) is 6.79. The van der Waals surface area contributed by atoms with Crippen molar-refractivity contribution in [1.29, 1.82) is 0 Å². The van der Waals surface area contributed by atoms with Gasteiger partial charge in [0.05, 0.1) is 5.69 Å². The van der Waals surface area contributed by atoms with Gasteiger partial charge >= 0.3 is 0 Å². The number of nitrogens with one attached hydrogen (secondary N) is 2. The van der Waals surface area contributed by atoms with Gasteiger partial charge in [-0.25, -0.2) is 9.97 Å². The number of carbonyl (C=O) groups excluding carboxylic acids is 1. The third-order valence-electron chi connectivity index (χ3n) is 3.08. The second-order valence-corrected chi connectivity index (χ2v) is 5.95. The summed E-state index contributed by atoms with van der Waals surface area (Å²) in [5.41, 5.74) is 1.58. The fourth-order valence-electron chi connectivity index (χ4n) is 2.03. The summed E-state index contributed by atoms with van der Waals surface area (Å²) in [6, 6.07) is 10.7. The number of aromatic nitrogens is 3. The molecular formula is C16H14BrN5O2. The van der Waals surface area contributed by atoms with E-state index in [2.05, 4.69) is 41.7 Å². The van der Waals surface area contributed by atoms with Crippen molar-refractivity contribution in [1.82, 2.24) is 15.1 Å². The molecule has 0 radical (unpaired) electrons. The molecule has 3 aromatic rings. The summed E-state index contributed by atoms with van der Waals surface area (Å²) in [4.78, 5) is 20.9. The molecule has 0 spiro atoms.